The summed E-state index contributed by atoms with van der Waals surface area (Å²) in [6.07, 6.45) is 0. The number of para-hydroxylation sites is 1. The number of aryl methyl sites for hydroxylation is 2. The minimum Gasteiger partial charge on any atom is -0.491 e. The zero-order chi connectivity index (χ0) is 12.7. The summed E-state index contributed by atoms with van der Waals surface area (Å²) in [7, 11) is 1.74. The Labute approximate surface area is 115 Å². The standard InChI is InChI=1S/C13H20N2O2.ClH/c1-10-5-4-6-11(2)13(10)17-8-7-15-12(16)9-14-3;/h4-6,14H,7-9H2,1-3H3,(H,15,16);1H. The van der Waals surface area contributed by atoms with Gasteiger partial charge in [0.2, 0.25) is 5.91 Å². The second-order valence-corrected chi connectivity index (χ2v) is 3.95. The van der Waals surface area contributed by atoms with Gasteiger partial charge in [0.1, 0.15) is 12.4 Å². The third kappa shape index (κ3) is 5.38. The van der Waals surface area contributed by atoms with Crippen molar-refractivity contribution in [2.75, 3.05) is 26.7 Å². The number of ether oxygens (including phenoxy) is 1. The second kappa shape index (κ2) is 8.78. The quantitative estimate of drug-likeness (QED) is 0.771. The lowest BCUT2D eigenvalue weighted by molar-refractivity contribution is -0.120. The van der Waals surface area contributed by atoms with E-state index in [0.29, 0.717) is 19.7 Å². The van der Waals surface area contributed by atoms with Crippen LogP contribution < -0.4 is 15.4 Å². The highest BCUT2D eigenvalue weighted by molar-refractivity contribution is 5.85. The molecule has 0 heterocycles. The molecule has 0 saturated carbocycles. The molecule has 0 saturated heterocycles. The number of hydrogen-bond acceptors (Lipinski definition) is 3. The van der Waals surface area contributed by atoms with Gasteiger partial charge >= 0.3 is 0 Å². The van der Waals surface area contributed by atoms with Crippen molar-refractivity contribution in [2.45, 2.75) is 13.8 Å². The lowest BCUT2D eigenvalue weighted by atomic mass is 10.1. The van der Waals surface area contributed by atoms with Gasteiger partial charge in [0, 0.05) is 0 Å². The summed E-state index contributed by atoms with van der Waals surface area (Å²) in [5.41, 5.74) is 2.23. The van der Waals surface area contributed by atoms with Crippen molar-refractivity contribution in [3.63, 3.8) is 0 Å². The molecule has 1 rings (SSSR count). The van der Waals surface area contributed by atoms with Crippen LogP contribution in [0.25, 0.3) is 0 Å². The molecule has 1 amide bonds. The lowest BCUT2D eigenvalue weighted by Gasteiger charge is -2.12. The zero-order valence-corrected chi connectivity index (χ0v) is 11.9. The largest absolute Gasteiger partial charge is 0.491 e. The topological polar surface area (TPSA) is 50.4 Å². The fourth-order valence-corrected chi connectivity index (χ4v) is 1.59. The first-order valence-corrected chi connectivity index (χ1v) is 5.75. The molecule has 0 bridgehead atoms. The van der Waals surface area contributed by atoms with E-state index in [4.69, 9.17) is 4.74 Å². The summed E-state index contributed by atoms with van der Waals surface area (Å²) in [5, 5.41) is 5.56. The Kier molecular flexibility index (Phi) is 8.16. The van der Waals surface area contributed by atoms with Crippen molar-refractivity contribution < 1.29 is 9.53 Å². The van der Waals surface area contributed by atoms with Crippen LogP contribution in [0.1, 0.15) is 11.1 Å². The van der Waals surface area contributed by atoms with Gasteiger partial charge in [-0.15, -0.1) is 12.4 Å². The molecule has 0 spiro atoms. The average molecular weight is 273 g/mol. The molecule has 0 aliphatic heterocycles. The smallest absolute Gasteiger partial charge is 0.234 e. The highest BCUT2D eigenvalue weighted by atomic mass is 35.5. The van der Waals surface area contributed by atoms with Crippen LogP contribution in [0.15, 0.2) is 18.2 Å². The van der Waals surface area contributed by atoms with Crippen molar-refractivity contribution >= 4 is 18.3 Å². The second-order valence-electron chi connectivity index (χ2n) is 3.95. The minimum absolute atomic E-state index is 0. The van der Waals surface area contributed by atoms with Crippen LogP contribution >= 0.6 is 12.4 Å². The van der Waals surface area contributed by atoms with Gasteiger partial charge in [-0.05, 0) is 32.0 Å². The molecule has 5 heteroatoms. The maximum absolute atomic E-state index is 11.2. The molecule has 0 fully saturated rings. The number of amides is 1. The van der Waals surface area contributed by atoms with E-state index in [1.54, 1.807) is 7.05 Å². The fourth-order valence-electron chi connectivity index (χ4n) is 1.59. The predicted octanol–water partition coefficient (Wildman–Crippen LogP) is 1.44. The van der Waals surface area contributed by atoms with Crippen LogP contribution in [0.2, 0.25) is 0 Å². The van der Waals surface area contributed by atoms with E-state index in [-0.39, 0.29) is 18.3 Å². The van der Waals surface area contributed by atoms with Crippen molar-refractivity contribution in [3.8, 4) is 5.75 Å². The van der Waals surface area contributed by atoms with Gasteiger partial charge in [-0.2, -0.15) is 0 Å². The molecule has 1 aromatic rings. The van der Waals surface area contributed by atoms with Gasteiger partial charge in [0.25, 0.3) is 0 Å². The van der Waals surface area contributed by atoms with Gasteiger partial charge in [-0.3, -0.25) is 4.79 Å². The molecule has 1 aromatic carbocycles. The first kappa shape index (κ1) is 16.7. The number of rotatable bonds is 6. The van der Waals surface area contributed by atoms with E-state index in [1.807, 2.05) is 32.0 Å². The Hall–Kier alpha value is -1.26. The summed E-state index contributed by atoms with van der Waals surface area (Å²) >= 11 is 0. The van der Waals surface area contributed by atoms with E-state index < -0.39 is 0 Å². The van der Waals surface area contributed by atoms with Crippen molar-refractivity contribution in [1.29, 1.82) is 0 Å². The number of benzene rings is 1. The molecule has 102 valence electrons. The van der Waals surface area contributed by atoms with Crippen LogP contribution in [0, 0.1) is 13.8 Å². The molecule has 0 aromatic heterocycles. The Morgan fingerprint density at radius 1 is 1.28 bits per heavy atom. The van der Waals surface area contributed by atoms with E-state index in [2.05, 4.69) is 10.6 Å². The van der Waals surface area contributed by atoms with Crippen LogP contribution in [0.5, 0.6) is 5.75 Å². The minimum atomic E-state index is -0.0161. The summed E-state index contributed by atoms with van der Waals surface area (Å²) in [5.74, 6) is 0.896. The normalized spacial score (nSPS) is 9.50. The van der Waals surface area contributed by atoms with E-state index >= 15 is 0 Å². The molecule has 0 atom stereocenters. The zero-order valence-electron chi connectivity index (χ0n) is 11.1. The third-order valence-corrected chi connectivity index (χ3v) is 2.42. The van der Waals surface area contributed by atoms with Crippen LogP contribution in [0.3, 0.4) is 0 Å². The Bertz CT molecular complexity index is 363. The first-order chi connectivity index (χ1) is 8.15. The SMILES string of the molecule is CNCC(=O)NCCOc1c(C)cccc1C.Cl. The third-order valence-electron chi connectivity index (χ3n) is 2.42. The number of carbonyl (C=O) groups is 1. The van der Waals surface area contributed by atoms with Crippen LogP contribution in [-0.4, -0.2) is 32.7 Å². The maximum Gasteiger partial charge on any atom is 0.234 e. The van der Waals surface area contributed by atoms with Gasteiger partial charge in [0.05, 0.1) is 13.1 Å². The Balaban J connectivity index is 0.00000289. The predicted molar refractivity (Wildman–Crippen MR) is 75.6 cm³/mol. The molecule has 0 unspecified atom stereocenters. The van der Waals surface area contributed by atoms with Crippen LogP contribution in [-0.2, 0) is 4.79 Å². The monoisotopic (exact) mass is 272 g/mol. The summed E-state index contributed by atoms with van der Waals surface area (Å²) in [6, 6.07) is 6.04. The van der Waals surface area contributed by atoms with Crippen molar-refractivity contribution in [1.82, 2.24) is 10.6 Å². The molecule has 0 aliphatic rings. The highest BCUT2D eigenvalue weighted by Gasteiger charge is 2.03. The molecule has 2 N–H and O–H groups in total. The number of likely N-dealkylation sites (N-methyl/N-ethyl adjacent to an activating group) is 1. The number of carbonyl (C=O) groups excluding carboxylic acids is 1. The van der Waals surface area contributed by atoms with Gasteiger partial charge in [-0.1, -0.05) is 18.2 Å². The van der Waals surface area contributed by atoms with E-state index in [1.165, 1.54) is 0 Å². The molecular formula is C13H21ClN2O2. The number of hydrogen-bond donors (Lipinski definition) is 2. The summed E-state index contributed by atoms with van der Waals surface area (Å²) in [4.78, 5) is 11.2. The summed E-state index contributed by atoms with van der Waals surface area (Å²) in [6.45, 7) is 5.38. The van der Waals surface area contributed by atoms with Crippen molar-refractivity contribution in [2.24, 2.45) is 0 Å². The first-order valence-electron chi connectivity index (χ1n) is 5.75. The Morgan fingerprint density at radius 3 is 2.44 bits per heavy atom. The fraction of sp³-hybridized carbons (Fsp3) is 0.462. The average Bonchev–Trinajstić information content (AvgIpc) is 2.28. The summed E-state index contributed by atoms with van der Waals surface area (Å²) < 4.78 is 5.66. The van der Waals surface area contributed by atoms with E-state index in [9.17, 15) is 4.79 Å². The Morgan fingerprint density at radius 2 is 1.89 bits per heavy atom. The van der Waals surface area contributed by atoms with Gasteiger partial charge in [0.15, 0.2) is 0 Å². The highest BCUT2D eigenvalue weighted by Crippen LogP contribution is 2.21. The van der Waals surface area contributed by atoms with Crippen molar-refractivity contribution in [3.05, 3.63) is 29.3 Å². The van der Waals surface area contributed by atoms with Gasteiger partial charge < -0.3 is 15.4 Å². The molecule has 0 aliphatic carbocycles. The molecule has 0 radical (unpaired) electrons. The van der Waals surface area contributed by atoms with E-state index in [0.717, 1.165) is 16.9 Å². The lowest BCUT2D eigenvalue weighted by Crippen LogP contribution is -2.34. The molecule has 4 nitrogen and oxygen atoms in total. The molecule has 18 heavy (non-hydrogen) atoms. The maximum atomic E-state index is 11.2. The van der Waals surface area contributed by atoms with Gasteiger partial charge in [-0.25, -0.2) is 0 Å². The van der Waals surface area contributed by atoms with Crippen LogP contribution in [0.4, 0.5) is 0 Å². The molecular weight excluding hydrogens is 252 g/mol. The number of nitrogens with one attached hydrogen (secondary N) is 2. The number of halogens is 1.